The third-order valence-corrected chi connectivity index (χ3v) is 10.4. The Labute approximate surface area is 286 Å². The molecule has 0 saturated heterocycles. The maximum atomic E-state index is 10.6. The van der Waals surface area contributed by atoms with Gasteiger partial charge in [0.2, 0.25) is 0 Å². The van der Waals surface area contributed by atoms with Gasteiger partial charge in [0, 0.05) is 22.3 Å². The van der Waals surface area contributed by atoms with Crippen molar-refractivity contribution in [1.29, 1.82) is 10.5 Å². The smallest absolute Gasteiger partial charge is 0.196 e. The second-order valence-corrected chi connectivity index (χ2v) is 12.7. The lowest BCUT2D eigenvalue weighted by atomic mass is 9.82. The van der Waals surface area contributed by atoms with Crippen LogP contribution in [-0.2, 0) is 0 Å². The van der Waals surface area contributed by atoms with E-state index in [0.717, 1.165) is 81.1 Å². The van der Waals surface area contributed by atoms with E-state index in [4.69, 9.17) is 13.1 Å². The molecular formula is C46H20N4. The fourth-order valence-electron chi connectivity index (χ4n) is 8.56. The molecular weight excluding hydrogens is 609 g/mol. The fraction of sp³-hybridized carbons (Fsp3) is 0. The molecule has 0 aliphatic carbocycles. The first-order valence-electron chi connectivity index (χ1n) is 16.2. The van der Waals surface area contributed by atoms with Crippen molar-refractivity contribution in [2.24, 2.45) is 0 Å². The zero-order valence-electron chi connectivity index (χ0n) is 26.3. The number of hydrogen-bond acceptors (Lipinski definition) is 2. The summed E-state index contributed by atoms with van der Waals surface area (Å²) in [6.45, 7) is 16.5. The summed E-state index contributed by atoms with van der Waals surface area (Å²) in [5, 5.41) is 35.6. The monoisotopic (exact) mass is 628 g/mol. The molecule has 0 atom stereocenters. The molecule has 0 amide bonds. The first-order valence-corrected chi connectivity index (χ1v) is 16.2. The average Bonchev–Trinajstić information content (AvgIpc) is 3.67. The molecule has 50 heavy (non-hydrogen) atoms. The van der Waals surface area contributed by atoms with E-state index < -0.39 is 0 Å². The molecule has 0 radical (unpaired) electrons. The van der Waals surface area contributed by atoms with Gasteiger partial charge in [-0.15, -0.1) is 0 Å². The highest BCUT2D eigenvalue weighted by atomic mass is 14.7. The Balaban J connectivity index is 1.62. The summed E-state index contributed by atoms with van der Waals surface area (Å²) in [6.07, 6.45) is 0. The van der Waals surface area contributed by atoms with Crippen LogP contribution in [0.4, 0.5) is 11.4 Å². The molecule has 10 rings (SSSR count). The third kappa shape index (κ3) is 3.39. The molecule has 0 aromatic heterocycles. The van der Waals surface area contributed by atoms with Crippen molar-refractivity contribution in [3.63, 3.8) is 0 Å². The van der Waals surface area contributed by atoms with Crippen LogP contribution in [0.25, 0.3) is 107 Å². The molecule has 224 valence electrons. The second-order valence-electron chi connectivity index (χ2n) is 12.7. The molecule has 0 fully saturated rings. The second kappa shape index (κ2) is 10.0. The predicted octanol–water partition coefficient (Wildman–Crippen LogP) is 12.8. The van der Waals surface area contributed by atoms with Crippen LogP contribution >= 0.6 is 0 Å². The van der Waals surface area contributed by atoms with Crippen molar-refractivity contribution >= 4 is 86.8 Å². The Kier molecular flexibility index (Phi) is 5.52. The zero-order valence-corrected chi connectivity index (χ0v) is 26.3. The van der Waals surface area contributed by atoms with Crippen molar-refractivity contribution < 1.29 is 0 Å². The van der Waals surface area contributed by atoms with Crippen molar-refractivity contribution in [3.05, 3.63) is 155 Å². The minimum atomic E-state index is 0.397. The van der Waals surface area contributed by atoms with Gasteiger partial charge in [0.05, 0.1) is 25.3 Å². The van der Waals surface area contributed by atoms with Gasteiger partial charge >= 0.3 is 0 Å². The van der Waals surface area contributed by atoms with Gasteiger partial charge in [0.15, 0.2) is 11.4 Å². The van der Waals surface area contributed by atoms with Gasteiger partial charge in [-0.1, -0.05) is 97.1 Å². The first kappa shape index (κ1) is 27.6. The molecule has 0 aliphatic heterocycles. The van der Waals surface area contributed by atoms with E-state index >= 15 is 0 Å². The number of nitriles is 2. The third-order valence-electron chi connectivity index (χ3n) is 10.4. The Morgan fingerprint density at radius 1 is 0.380 bits per heavy atom. The summed E-state index contributed by atoms with van der Waals surface area (Å²) in [4.78, 5) is 7.95. The van der Waals surface area contributed by atoms with Crippen LogP contribution in [0.1, 0.15) is 11.1 Å². The van der Waals surface area contributed by atoms with Crippen LogP contribution in [0.5, 0.6) is 0 Å². The summed E-state index contributed by atoms with van der Waals surface area (Å²) >= 11 is 0. The van der Waals surface area contributed by atoms with Gasteiger partial charge in [-0.2, -0.15) is 10.5 Å². The summed E-state index contributed by atoms with van der Waals surface area (Å²) < 4.78 is 0. The number of rotatable bonds is 2. The van der Waals surface area contributed by atoms with Gasteiger partial charge in [0.25, 0.3) is 0 Å². The number of benzene rings is 8. The van der Waals surface area contributed by atoms with E-state index in [1.165, 1.54) is 5.39 Å². The molecule has 0 N–H and O–H groups in total. The summed E-state index contributed by atoms with van der Waals surface area (Å²) in [5.74, 6) is 0. The van der Waals surface area contributed by atoms with Crippen LogP contribution in [0.2, 0.25) is 0 Å². The van der Waals surface area contributed by atoms with Crippen LogP contribution in [0.3, 0.4) is 0 Å². The van der Waals surface area contributed by atoms with Gasteiger partial charge in [-0.05, 0) is 111 Å². The molecule has 0 heterocycles. The minimum Gasteiger partial charge on any atom is -0.237 e. The maximum Gasteiger partial charge on any atom is 0.196 e. The quantitative estimate of drug-likeness (QED) is 0.179. The minimum absolute atomic E-state index is 0.397. The molecule has 0 saturated carbocycles. The topological polar surface area (TPSA) is 56.3 Å². The summed E-state index contributed by atoms with van der Waals surface area (Å²) in [7, 11) is 0. The summed E-state index contributed by atoms with van der Waals surface area (Å²) in [6, 6.07) is 45.2. The Morgan fingerprint density at radius 3 is 1.16 bits per heavy atom. The highest BCUT2D eigenvalue weighted by Crippen LogP contribution is 2.56. The van der Waals surface area contributed by atoms with Crippen molar-refractivity contribution in [2.75, 3.05) is 0 Å². The van der Waals surface area contributed by atoms with Crippen molar-refractivity contribution in [2.45, 2.75) is 0 Å². The lowest BCUT2D eigenvalue weighted by molar-refractivity contribution is 1.49. The zero-order chi connectivity index (χ0) is 33.7. The van der Waals surface area contributed by atoms with E-state index in [2.05, 4.69) is 94.6 Å². The Bertz CT molecular complexity index is 3030. The largest absolute Gasteiger partial charge is 0.237 e. The van der Waals surface area contributed by atoms with Crippen molar-refractivity contribution in [1.82, 2.24) is 0 Å². The number of nitrogens with zero attached hydrogens (tertiary/aromatic N) is 4. The molecule has 0 aliphatic rings. The molecule has 4 heteroatoms. The van der Waals surface area contributed by atoms with E-state index in [-0.39, 0.29) is 0 Å². The van der Waals surface area contributed by atoms with Crippen molar-refractivity contribution in [3.8, 4) is 34.4 Å². The standard InChI is InChI=1S/C46H20N4/c1-49-37-19-7-13-27(23-47)41(37)45-35-21-33-29-15-3-9-25-10-4-16-30(39(25)29)34(33)22-36(35)46(42-28(24-48)14-8-20-38(42)50-2)44-32-18-6-12-26-11-5-17-31(40(26)32)43(44)45/h3-22H. The molecule has 0 spiro atoms. The molecule has 0 bridgehead atoms. The first-order chi connectivity index (χ1) is 24.7. The van der Waals surface area contributed by atoms with Crippen LogP contribution in [0, 0.1) is 35.8 Å². The summed E-state index contributed by atoms with van der Waals surface area (Å²) in [5.41, 5.74) is 4.45. The van der Waals surface area contributed by atoms with E-state index in [0.29, 0.717) is 33.6 Å². The van der Waals surface area contributed by atoms with E-state index in [1.54, 1.807) is 36.4 Å². The van der Waals surface area contributed by atoms with Gasteiger partial charge < -0.3 is 0 Å². The predicted molar refractivity (Wildman–Crippen MR) is 204 cm³/mol. The Hall–Kier alpha value is -7.50. The SMILES string of the molecule is [C-]#[N+]c1cccc(C#N)c1-c1c2cc3c(cc2c(-c2c(C#N)cccc2[N+]#[C-])c2c4cccc5cccc(c12)c54)c1cccc2cccc3c21. The van der Waals surface area contributed by atoms with Crippen LogP contribution in [0.15, 0.2) is 121 Å². The van der Waals surface area contributed by atoms with Gasteiger partial charge in [-0.25, -0.2) is 9.69 Å². The number of fused-ring (bicyclic) bond motifs is 7. The van der Waals surface area contributed by atoms with E-state index in [9.17, 15) is 10.5 Å². The molecule has 10 aromatic rings. The highest BCUT2D eigenvalue weighted by Gasteiger charge is 2.28. The normalized spacial score (nSPS) is 11.5. The maximum absolute atomic E-state index is 10.6. The van der Waals surface area contributed by atoms with Crippen LogP contribution in [-0.4, -0.2) is 0 Å². The lowest BCUT2D eigenvalue weighted by Gasteiger charge is -2.20. The number of hydrogen-bond donors (Lipinski definition) is 0. The van der Waals surface area contributed by atoms with Gasteiger partial charge in [0.1, 0.15) is 0 Å². The van der Waals surface area contributed by atoms with E-state index in [1.807, 2.05) is 12.1 Å². The lowest BCUT2D eigenvalue weighted by Crippen LogP contribution is -1.94. The fourth-order valence-corrected chi connectivity index (χ4v) is 8.56. The Morgan fingerprint density at radius 2 is 0.760 bits per heavy atom. The highest BCUT2D eigenvalue weighted by molar-refractivity contribution is 6.42. The molecule has 0 unspecified atom stereocenters. The molecule has 10 aromatic carbocycles. The van der Waals surface area contributed by atoms with Crippen LogP contribution < -0.4 is 0 Å². The molecule has 4 nitrogen and oxygen atoms in total. The average molecular weight is 629 g/mol. The van der Waals surface area contributed by atoms with Gasteiger partial charge in [-0.3, -0.25) is 0 Å².